The van der Waals surface area contributed by atoms with E-state index in [0.29, 0.717) is 17.8 Å². The minimum absolute atomic E-state index is 0.0392. The van der Waals surface area contributed by atoms with Crippen LogP contribution < -0.4 is 0 Å². The maximum absolute atomic E-state index is 11.7. The van der Waals surface area contributed by atoms with Crippen LogP contribution in [0, 0.1) is 28.6 Å². The number of aliphatic imine (C=N–C) groups is 1. The van der Waals surface area contributed by atoms with Crippen molar-refractivity contribution in [3.63, 3.8) is 0 Å². The second kappa shape index (κ2) is 9.57. The Kier molecular flexibility index (Phi) is 6.10. The lowest BCUT2D eigenvalue weighted by molar-refractivity contribution is -0.148. The largest absolute Gasteiger partial charge is 0.462 e. The topological polar surface area (TPSA) is 56.5 Å². The van der Waals surface area contributed by atoms with Crippen LogP contribution in [-0.2, 0) is 9.53 Å². The van der Waals surface area contributed by atoms with Crippen molar-refractivity contribution >= 4 is 34.6 Å². The predicted molar refractivity (Wildman–Crippen MR) is 160 cm³/mol. The molecule has 0 amide bonds. The average molecular weight is 534 g/mol. The lowest BCUT2D eigenvalue weighted by Crippen LogP contribution is -2.50. The molecule has 2 saturated carbocycles. The van der Waals surface area contributed by atoms with E-state index < -0.39 is 0 Å². The molecular weight excluding hydrogens is 494 g/mol. The third kappa shape index (κ3) is 4.00. The van der Waals surface area contributed by atoms with Gasteiger partial charge in [-0.1, -0.05) is 55.8 Å². The van der Waals surface area contributed by atoms with Crippen molar-refractivity contribution in [2.75, 3.05) is 0 Å². The van der Waals surface area contributed by atoms with Crippen molar-refractivity contribution in [2.45, 2.75) is 71.8 Å². The molecule has 5 heteroatoms. The molecule has 40 heavy (non-hydrogen) atoms. The molecule has 6 atom stereocenters. The zero-order chi connectivity index (χ0) is 27.5. The molecule has 0 spiro atoms. The van der Waals surface area contributed by atoms with E-state index in [1.807, 2.05) is 12.4 Å². The number of fused-ring (bicyclic) bond motifs is 6. The Hall–Kier alpha value is -3.47. The first-order chi connectivity index (χ1) is 19.4. The maximum Gasteiger partial charge on any atom is 0.302 e. The highest BCUT2D eigenvalue weighted by Crippen LogP contribution is 2.67. The van der Waals surface area contributed by atoms with Gasteiger partial charge in [0, 0.05) is 30.7 Å². The summed E-state index contributed by atoms with van der Waals surface area (Å²) in [5, 5.41) is 0. The summed E-state index contributed by atoms with van der Waals surface area (Å²) in [5.74, 6) is 1.69. The Balaban J connectivity index is 1.27. The average Bonchev–Trinajstić information content (AvgIpc) is 3.50. The van der Waals surface area contributed by atoms with Crippen LogP contribution in [0.4, 0.5) is 5.69 Å². The zero-order valence-corrected chi connectivity index (χ0v) is 23.8. The Morgan fingerprint density at radius 3 is 2.60 bits per heavy atom. The Bertz CT molecular complexity index is 1550. The molecule has 0 radical (unpaired) electrons. The molecule has 5 nitrogen and oxygen atoms in total. The summed E-state index contributed by atoms with van der Waals surface area (Å²) in [5.41, 5.74) is 7.73. The molecule has 4 aliphatic rings. The fourth-order valence-electron chi connectivity index (χ4n) is 9.00. The third-order valence-electron chi connectivity index (χ3n) is 10.9. The number of hydrogen-bond donors (Lipinski definition) is 0. The molecule has 1 unspecified atom stereocenters. The number of aromatic nitrogens is 2. The van der Waals surface area contributed by atoms with E-state index in [4.69, 9.17) is 14.7 Å². The second-order valence-corrected chi connectivity index (χ2v) is 13.0. The molecule has 2 aromatic carbocycles. The molecule has 0 saturated heterocycles. The number of ether oxygens (including phenoxy) is 1. The fourth-order valence-corrected chi connectivity index (χ4v) is 9.00. The number of esters is 1. The van der Waals surface area contributed by atoms with E-state index in [9.17, 15) is 4.79 Å². The van der Waals surface area contributed by atoms with E-state index in [1.54, 1.807) is 0 Å². The van der Waals surface area contributed by atoms with Gasteiger partial charge in [0.1, 0.15) is 12.4 Å². The lowest BCUT2D eigenvalue weighted by atomic mass is 9.47. The number of carbonyl (C=O) groups is 1. The Morgan fingerprint density at radius 1 is 1.00 bits per heavy atom. The Morgan fingerprint density at radius 2 is 1.77 bits per heavy atom. The normalized spacial score (nSPS) is 33.4. The number of para-hydroxylation sites is 3. The zero-order valence-electron chi connectivity index (χ0n) is 23.8. The summed E-state index contributed by atoms with van der Waals surface area (Å²) in [6, 6.07) is 18.8. The highest BCUT2D eigenvalue weighted by atomic mass is 16.5. The predicted octanol–water partition coefficient (Wildman–Crippen LogP) is 8.15. The maximum atomic E-state index is 11.7. The van der Waals surface area contributed by atoms with E-state index in [-0.39, 0.29) is 22.9 Å². The monoisotopic (exact) mass is 533 g/mol. The van der Waals surface area contributed by atoms with Crippen LogP contribution >= 0.6 is 0 Å². The van der Waals surface area contributed by atoms with Crippen LogP contribution in [0.3, 0.4) is 0 Å². The summed E-state index contributed by atoms with van der Waals surface area (Å²) in [6.07, 6.45) is 14.3. The van der Waals surface area contributed by atoms with E-state index in [1.165, 1.54) is 42.1 Å². The summed E-state index contributed by atoms with van der Waals surface area (Å²) >= 11 is 0. The van der Waals surface area contributed by atoms with Crippen LogP contribution in [0.15, 0.2) is 83.1 Å². The summed E-state index contributed by atoms with van der Waals surface area (Å²) in [7, 11) is 0. The van der Waals surface area contributed by atoms with Gasteiger partial charge >= 0.3 is 5.97 Å². The Labute approximate surface area is 237 Å². The van der Waals surface area contributed by atoms with Gasteiger partial charge in [-0.05, 0) is 91.5 Å². The van der Waals surface area contributed by atoms with Crippen LogP contribution in [0.2, 0.25) is 0 Å². The van der Waals surface area contributed by atoms with Crippen molar-refractivity contribution in [1.29, 1.82) is 0 Å². The van der Waals surface area contributed by atoms with E-state index in [0.717, 1.165) is 43.3 Å². The van der Waals surface area contributed by atoms with E-state index in [2.05, 4.69) is 79.2 Å². The number of allylic oxidation sites excluding steroid dienone is 3. The van der Waals surface area contributed by atoms with Gasteiger partial charge in [-0.2, -0.15) is 0 Å². The minimum Gasteiger partial charge on any atom is -0.462 e. The highest BCUT2D eigenvalue weighted by molar-refractivity contribution is 5.93. The number of carbonyl (C=O) groups excluding carboxylic acids is 1. The first kappa shape index (κ1) is 25.5. The van der Waals surface area contributed by atoms with Crippen molar-refractivity contribution in [2.24, 2.45) is 33.6 Å². The van der Waals surface area contributed by atoms with Gasteiger partial charge in [0.05, 0.1) is 16.7 Å². The summed E-state index contributed by atoms with van der Waals surface area (Å²) < 4.78 is 8.04. The quantitative estimate of drug-likeness (QED) is 0.193. The standard InChI is InChI=1S/C35H39N3O2/c1-23(39)40-27-15-17-34(2)25(20-27)13-14-28-29(34)16-18-35(3)30(28)19-24(21-36-26-9-5-4-6-10-26)33(35)38-22-37-31-11-7-8-12-32(31)38/h4-13,21-22,27-30H,14-20H2,1-3H3/t27?,28-,29+,30+,34+,35+/m1/s1. The summed E-state index contributed by atoms with van der Waals surface area (Å²) in [4.78, 5) is 21.4. The molecular formula is C35H39N3O2. The van der Waals surface area contributed by atoms with Gasteiger partial charge in [0.15, 0.2) is 0 Å². The first-order valence-electron chi connectivity index (χ1n) is 15.0. The van der Waals surface area contributed by atoms with Crippen molar-refractivity contribution in [3.8, 4) is 0 Å². The van der Waals surface area contributed by atoms with Gasteiger partial charge < -0.3 is 9.30 Å². The molecule has 0 bridgehead atoms. The van der Waals surface area contributed by atoms with Crippen LogP contribution in [0.5, 0.6) is 0 Å². The SMILES string of the molecule is CC(=O)OC1CC[C@@]2(C)C(=CC[C@@H]3[C@@H]2CC[C@]2(C)C(n4cnc5ccccc54)=C(C=Nc4ccccc4)C[C@@H]32)C1. The van der Waals surface area contributed by atoms with Gasteiger partial charge in [-0.3, -0.25) is 9.79 Å². The molecule has 2 fully saturated rings. The number of rotatable bonds is 4. The van der Waals surface area contributed by atoms with Crippen molar-refractivity contribution in [1.82, 2.24) is 9.55 Å². The van der Waals surface area contributed by atoms with Crippen LogP contribution in [0.25, 0.3) is 16.7 Å². The number of benzene rings is 2. The number of hydrogen-bond acceptors (Lipinski definition) is 4. The van der Waals surface area contributed by atoms with Crippen molar-refractivity contribution in [3.05, 3.63) is 78.1 Å². The summed E-state index contributed by atoms with van der Waals surface area (Å²) in [6.45, 7) is 6.56. The molecule has 0 N–H and O–H groups in total. The molecule has 1 heterocycles. The molecule has 0 aliphatic heterocycles. The third-order valence-corrected chi connectivity index (χ3v) is 10.9. The number of nitrogens with zero attached hydrogens (tertiary/aromatic N) is 3. The van der Waals surface area contributed by atoms with Crippen molar-refractivity contribution < 1.29 is 9.53 Å². The lowest BCUT2D eigenvalue weighted by Gasteiger charge is -2.57. The molecule has 4 aliphatic carbocycles. The van der Waals surface area contributed by atoms with Gasteiger partial charge in [0.2, 0.25) is 0 Å². The minimum atomic E-state index is -0.155. The second-order valence-electron chi connectivity index (χ2n) is 13.0. The van der Waals surface area contributed by atoms with Gasteiger partial charge in [-0.15, -0.1) is 0 Å². The highest BCUT2D eigenvalue weighted by Gasteiger charge is 2.58. The van der Waals surface area contributed by atoms with Crippen LogP contribution in [-0.4, -0.2) is 27.8 Å². The first-order valence-corrected chi connectivity index (χ1v) is 15.0. The number of imidazole rings is 1. The molecule has 1 aromatic heterocycles. The molecule has 206 valence electrons. The van der Waals surface area contributed by atoms with Gasteiger partial charge in [0.25, 0.3) is 0 Å². The molecule has 7 rings (SSSR count). The fraction of sp³-hybridized carbons (Fsp3) is 0.457. The van der Waals surface area contributed by atoms with Gasteiger partial charge in [-0.25, -0.2) is 4.98 Å². The smallest absolute Gasteiger partial charge is 0.302 e. The van der Waals surface area contributed by atoms with Crippen LogP contribution in [0.1, 0.15) is 65.7 Å². The molecule has 3 aromatic rings. The van der Waals surface area contributed by atoms with E-state index >= 15 is 0 Å².